The SMILES string of the molecule is N#Cc1c(-c2c[nH]c3c(Cl)cc(F)cc23)nc(N[C@H]2C3CCC(CC3)[C@@H]2C(=O)O)c(F)c1-c1ccccc1. The maximum atomic E-state index is 16.3. The number of fused-ring (bicyclic) bond motifs is 4. The van der Waals surface area contributed by atoms with Crippen molar-refractivity contribution in [1.29, 1.82) is 5.26 Å². The zero-order valence-electron chi connectivity index (χ0n) is 20.1. The molecule has 0 amide bonds. The molecule has 3 N–H and O–H groups in total. The van der Waals surface area contributed by atoms with Crippen molar-refractivity contribution in [3.63, 3.8) is 0 Å². The fourth-order valence-corrected chi connectivity index (χ4v) is 6.62. The summed E-state index contributed by atoms with van der Waals surface area (Å²) in [5.74, 6) is -2.90. The average molecular weight is 533 g/mol. The van der Waals surface area contributed by atoms with Gasteiger partial charge >= 0.3 is 5.97 Å². The summed E-state index contributed by atoms with van der Waals surface area (Å²) in [4.78, 5) is 19.8. The molecule has 0 unspecified atom stereocenters. The second kappa shape index (κ2) is 9.41. The van der Waals surface area contributed by atoms with Gasteiger partial charge in [-0.1, -0.05) is 41.9 Å². The number of hydrogen-bond acceptors (Lipinski definition) is 4. The molecule has 2 aromatic heterocycles. The van der Waals surface area contributed by atoms with Crippen LogP contribution >= 0.6 is 11.6 Å². The van der Waals surface area contributed by atoms with E-state index in [4.69, 9.17) is 11.6 Å². The maximum absolute atomic E-state index is 16.3. The highest BCUT2D eigenvalue weighted by Crippen LogP contribution is 2.47. The van der Waals surface area contributed by atoms with E-state index in [1.54, 1.807) is 36.5 Å². The molecule has 3 aliphatic carbocycles. The van der Waals surface area contributed by atoms with Crippen LogP contribution in [0.4, 0.5) is 14.6 Å². The molecule has 3 fully saturated rings. The van der Waals surface area contributed by atoms with E-state index in [2.05, 4.69) is 21.4 Å². The third-order valence-electron chi connectivity index (χ3n) is 8.08. The van der Waals surface area contributed by atoms with Gasteiger partial charge < -0.3 is 15.4 Å². The van der Waals surface area contributed by atoms with E-state index in [0.717, 1.165) is 25.7 Å². The van der Waals surface area contributed by atoms with Gasteiger partial charge in [0, 0.05) is 28.8 Å². The number of nitrogens with one attached hydrogen (secondary N) is 2. The lowest BCUT2D eigenvalue weighted by Gasteiger charge is -2.47. The van der Waals surface area contributed by atoms with Crippen LogP contribution in [-0.4, -0.2) is 27.1 Å². The van der Waals surface area contributed by atoms with Crippen molar-refractivity contribution in [2.24, 2.45) is 17.8 Å². The topological polar surface area (TPSA) is 102 Å². The minimum atomic E-state index is -0.906. The van der Waals surface area contributed by atoms with Crippen molar-refractivity contribution in [1.82, 2.24) is 9.97 Å². The van der Waals surface area contributed by atoms with Crippen LogP contribution in [0, 0.1) is 40.7 Å². The summed E-state index contributed by atoms with van der Waals surface area (Å²) in [5.41, 5.74) is 1.50. The molecule has 0 radical (unpaired) electrons. The number of pyridine rings is 1. The molecule has 2 atom stereocenters. The molecule has 2 bridgehead atoms. The number of carboxylic acids is 1. The van der Waals surface area contributed by atoms with Gasteiger partial charge in [0.15, 0.2) is 11.6 Å². The van der Waals surface area contributed by atoms with Crippen LogP contribution in [0.3, 0.4) is 0 Å². The number of rotatable bonds is 5. The van der Waals surface area contributed by atoms with Crippen molar-refractivity contribution >= 4 is 34.3 Å². The summed E-state index contributed by atoms with van der Waals surface area (Å²) < 4.78 is 30.6. The van der Waals surface area contributed by atoms with Gasteiger partial charge in [0.2, 0.25) is 0 Å². The summed E-state index contributed by atoms with van der Waals surface area (Å²) >= 11 is 6.25. The van der Waals surface area contributed by atoms with Crippen molar-refractivity contribution < 1.29 is 18.7 Å². The van der Waals surface area contributed by atoms with Crippen molar-refractivity contribution in [2.45, 2.75) is 31.7 Å². The Balaban J connectivity index is 1.58. The first kappa shape index (κ1) is 24.4. The first-order valence-corrected chi connectivity index (χ1v) is 12.9. The number of halogens is 3. The number of nitrogens with zero attached hydrogens (tertiary/aromatic N) is 2. The highest BCUT2D eigenvalue weighted by molar-refractivity contribution is 6.35. The van der Waals surface area contributed by atoms with Crippen molar-refractivity contribution in [3.05, 3.63) is 70.9 Å². The van der Waals surface area contributed by atoms with E-state index >= 15 is 4.39 Å². The Bertz CT molecular complexity index is 1610. The van der Waals surface area contributed by atoms with Crippen molar-refractivity contribution in [2.75, 3.05) is 5.32 Å². The molecule has 3 saturated carbocycles. The summed E-state index contributed by atoms with van der Waals surface area (Å²) in [6, 6.07) is 12.7. The van der Waals surface area contributed by atoms with Crippen LogP contribution in [0.2, 0.25) is 5.02 Å². The molecule has 38 heavy (non-hydrogen) atoms. The fourth-order valence-electron chi connectivity index (χ4n) is 6.36. The summed E-state index contributed by atoms with van der Waals surface area (Å²) in [6.45, 7) is 0. The third kappa shape index (κ3) is 3.89. The van der Waals surface area contributed by atoms with Gasteiger partial charge in [0.05, 0.1) is 27.7 Å². The second-order valence-electron chi connectivity index (χ2n) is 10.1. The van der Waals surface area contributed by atoms with Gasteiger partial charge in [-0.05, 0) is 55.2 Å². The van der Waals surface area contributed by atoms with Gasteiger partial charge in [-0.15, -0.1) is 0 Å². The normalized spacial score (nSPS) is 22.4. The van der Waals surface area contributed by atoms with E-state index in [0.29, 0.717) is 22.0 Å². The van der Waals surface area contributed by atoms with Crippen LogP contribution in [-0.2, 0) is 4.79 Å². The molecule has 7 rings (SSSR count). The molecule has 2 aromatic carbocycles. The first-order valence-electron chi connectivity index (χ1n) is 12.5. The van der Waals surface area contributed by atoms with Gasteiger partial charge in [-0.25, -0.2) is 13.8 Å². The summed E-state index contributed by atoms with van der Waals surface area (Å²) in [6.07, 6.45) is 4.97. The maximum Gasteiger partial charge on any atom is 0.308 e. The zero-order chi connectivity index (χ0) is 26.6. The molecule has 2 heterocycles. The highest BCUT2D eigenvalue weighted by atomic mass is 35.5. The first-order chi connectivity index (χ1) is 18.4. The lowest BCUT2D eigenvalue weighted by atomic mass is 9.61. The van der Waals surface area contributed by atoms with Gasteiger partial charge in [-0.3, -0.25) is 4.79 Å². The lowest BCUT2D eigenvalue weighted by Crippen LogP contribution is -2.51. The Morgan fingerprint density at radius 1 is 1.13 bits per heavy atom. The Morgan fingerprint density at radius 2 is 1.84 bits per heavy atom. The number of aromatic nitrogens is 2. The quantitative estimate of drug-likeness (QED) is 0.257. The summed E-state index contributed by atoms with van der Waals surface area (Å²) in [7, 11) is 0. The number of carboxylic acid groups (broad SMARTS) is 1. The molecule has 4 aromatic rings. The van der Waals surface area contributed by atoms with Crippen LogP contribution in [0.15, 0.2) is 48.7 Å². The molecule has 192 valence electrons. The number of H-pyrrole nitrogens is 1. The number of nitriles is 1. The third-order valence-corrected chi connectivity index (χ3v) is 8.38. The van der Waals surface area contributed by atoms with E-state index in [1.165, 1.54) is 12.1 Å². The van der Waals surface area contributed by atoms with Gasteiger partial charge in [-0.2, -0.15) is 5.26 Å². The predicted octanol–water partition coefficient (Wildman–Crippen LogP) is 7.00. The molecule has 0 spiro atoms. The highest BCUT2D eigenvalue weighted by Gasteiger charge is 2.47. The summed E-state index contributed by atoms with van der Waals surface area (Å²) in [5, 5.41) is 24.0. The largest absolute Gasteiger partial charge is 0.481 e. The minimum absolute atomic E-state index is 0.0134. The van der Waals surface area contributed by atoms with E-state index in [-0.39, 0.29) is 39.5 Å². The molecular weight excluding hydrogens is 510 g/mol. The number of carbonyl (C=O) groups is 1. The van der Waals surface area contributed by atoms with E-state index < -0.39 is 29.6 Å². The average Bonchev–Trinajstić information content (AvgIpc) is 3.34. The lowest BCUT2D eigenvalue weighted by molar-refractivity contribution is -0.148. The number of anilines is 1. The smallest absolute Gasteiger partial charge is 0.308 e. The van der Waals surface area contributed by atoms with Crippen LogP contribution in [0.5, 0.6) is 0 Å². The Labute approximate surface area is 222 Å². The van der Waals surface area contributed by atoms with Crippen LogP contribution < -0.4 is 5.32 Å². The fraction of sp³-hybridized carbons (Fsp3) is 0.276. The predicted molar refractivity (Wildman–Crippen MR) is 141 cm³/mol. The molecule has 9 heteroatoms. The zero-order valence-corrected chi connectivity index (χ0v) is 20.9. The molecule has 0 saturated heterocycles. The van der Waals surface area contributed by atoms with Crippen molar-refractivity contribution in [3.8, 4) is 28.5 Å². The van der Waals surface area contributed by atoms with Crippen LogP contribution in [0.25, 0.3) is 33.3 Å². The molecule has 6 nitrogen and oxygen atoms in total. The van der Waals surface area contributed by atoms with E-state index in [1.807, 2.05) is 0 Å². The van der Waals surface area contributed by atoms with Gasteiger partial charge in [0.25, 0.3) is 0 Å². The minimum Gasteiger partial charge on any atom is -0.481 e. The number of aromatic amines is 1. The molecule has 0 aliphatic heterocycles. The number of hydrogen-bond donors (Lipinski definition) is 3. The molecule has 3 aliphatic rings. The van der Waals surface area contributed by atoms with E-state index in [9.17, 15) is 19.6 Å². The number of benzene rings is 2. The van der Waals surface area contributed by atoms with Crippen LogP contribution in [0.1, 0.15) is 31.2 Å². The number of aliphatic carboxylic acids is 1. The molecular formula is C29H23ClF2N4O2. The second-order valence-corrected chi connectivity index (χ2v) is 10.5. The Hall–Kier alpha value is -3.96. The monoisotopic (exact) mass is 532 g/mol. The Morgan fingerprint density at radius 3 is 2.53 bits per heavy atom. The van der Waals surface area contributed by atoms with Gasteiger partial charge in [0.1, 0.15) is 11.9 Å². The standard InChI is InChI=1S/C29H23ClF2N4O2/c30-21-11-17(31)10-18-20(13-34-27(18)21)26-19(12-33)22(14-4-2-1-3-5-14)24(32)28(36-26)35-25-16-8-6-15(7-9-16)23(25)29(37)38/h1-5,10-11,13,15-16,23,25,34H,6-9H2,(H,35,36)(H,37,38)/t15?,16?,23-,25-/m0/s1. The Kier molecular flexibility index (Phi) is 6.04.